The second kappa shape index (κ2) is 21.7. The van der Waals surface area contributed by atoms with Crippen molar-refractivity contribution < 1.29 is 0 Å². The highest BCUT2D eigenvalue weighted by atomic mass is 79.9. The number of aromatic nitrogens is 1. The van der Waals surface area contributed by atoms with Crippen molar-refractivity contribution in [3.05, 3.63) is 37.0 Å². The van der Waals surface area contributed by atoms with Gasteiger partial charge in [0.15, 0.2) is 0 Å². The third kappa shape index (κ3) is 13.7. The summed E-state index contributed by atoms with van der Waals surface area (Å²) < 4.78 is 2.47. The maximum atomic E-state index is 4.94. The van der Waals surface area contributed by atoms with E-state index in [1.54, 1.807) is 0 Å². The number of nitrogens with zero attached hydrogens (tertiary/aromatic N) is 1. The first-order valence-electron chi connectivity index (χ1n) is 16.6. The summed E-state index contributed by atoms with van der Waals surface area (Å²) in [6, 6.07) is 4.69. The Hall–Kier alpha value is -0.0100. The van der Waals surface area contributed by atoms with Gasteiger partial charge in [-0.1, -0.05) is 129 Å². The van der Waals surface area contributed by atoms with Crippen LogP contribution < -0.4 is 0 Å². The van der Waals surface area contributed by atoms with Gasteiger partial charge in [-0.25, -0.2) is 4.98 Å². The molecule has 3 heterocycles. The predicted octanol–water partition coefficient (Wildman–Crippen LogP) is 15.1. The van der Waals surface area contributed by atoms with E-state index in [2.05, 4.69) is 64.0 Å². The zero-order valence-corrected chi connectivity index (χ0v) is 31.3. The molecule has 0 unspecified atom stereocenters. The Labute approximate surface area is 280 Å². The van der Waals surface area contributed by atoms with Gasteiger partial charge >= 0.3 is 0 Å². The Morgan fingerprint density at radius 3 is 1.37 bits per heavy atom. The molecule has 0 aliphatic rings. The number of rotatable bonds is 24. The van der Waals surface area contributed by atoms with Gasteiger partial charge < -0.3 is 0 Å². The van der Waals surface area contributed by atoms with Gasteiger partial charge in [0.25, 0.3) is 0 Å². The molecule has 41 heavy (non-hydrogen) atoms. The van der Waals surface area contributed by atoms with Crippen LogP contribution in [0.1, 0.15) is 153 Å². The van der Waals surface area contributed by atoms with Crippen LogP contribution in [0.25, 0.3) is 19.6 Å². The number of hydrogen-bond donors (Lipinski definition) is 0. The van der Waals surface area contributed by atoms with Crippen LogP contribution >= 0.6 is 65.9 Å². The van der Waals surface area contributed by atoms with E-state index in [1.807, 2.05) is 34.0 Å². The van der Waals surface area contributed by atoms with Crippen molar-refractivity contribution in [1.82, 2.24) is 4.98 Å². The Bertz CT molecular complexity index is 1000. The molecular formula is C35H53Br2NS3. The van der Waals surface area contributed by atoms with E-state index in [0.717, 1.165) is 6.42 Å². The van der Waals surface area contributed by atoms with Crippen molar-refractivity contribution in [3.8, 4) is 19.6 Å². The molecule has 0 atom stereocenters. The molecule has 0 amide bonds. The zero-order chi connectivity index (χ0) is 29.1. The maximum absolute atomic E-state index is 4.94. The number of halogens is 2. The molecule has 1 nitrogen and oxygen atoms in total. The van der Waals surface area contributed by atoms with Crippen LogP contribution in [-0.2, 0) is 12.8 Å². The normalized spacial score (nSPS) is 11.6. The third-order valence-electron chi connectivity index (χ3n) is 8.08. The van der Waals surface area contributed by atoms with Crippen molar-refractivity contribution in [1.29, 1.82) is 0 Å². The first kappa shape index (κ1) is 35.5. The van der Waals surface area contributed by atoms with Gasteiger partial charge in [-0.15, -0.1) is 34.0 Å². The van der Waals surface area contributed by atoms with Gasteiger partial charge in [-0.3, -0.25) is 0 Å². The summed E-state index contributed by atoms with van der Waals surface area (Å²) in [4.78, 5) is 9.06. The average molecular weight is 744 g/mol. The first-order valence-corrected chi connectivity index (χ1v) is 20.7. The highest BCUT2D eigenvalue weighted by Gasteiger charge is 2.17. The minimum absolute atomic E-state index is 1.16. The number of unbranched alkanes of at least 4 members (excludes halogenated alkanes) is 18. The first-order chi connectivity index (χ1) is 20.1. The lowest BCUT2D eigenvalue weighted by Gasteiger charge is -2.04. The summed E-state index contributed by atoms with van der Waals surface area (Å²) in [5.74, 6) is 0. The molecule has 0 N–H and O–H groups in total. The van der Waals surface area contributed by atoms with Crippen LogP contribution in [0.5, 0.6) is 0 Å². The van der Waals surface area contributed by atoms with Crippen LogP contribution in [0, 0.1) is 0 Å². The van der Waals surface area contributed by atoms with Crippen molar-refractivity contribution in [3.63, 3.8) is 0 Å². The highest BCUT2D eigenvalue weighted by molar-refractivity contribution is 9.11. The summed E-state index contributed by atoms with van der Waals surface area (Å²) in [5.41, 5.74) is 2.97. The molecule has 3 aromatic heterocycles. The molecule has 0 bridgehead atoms. The molecule has 0 aliphatic heterocycles. The summed E-state index contributed by atoms with van der Waals surface area (Å²) in [7, 11) is 0. The molecule has 230 valence electrons. The predicted molar refractivity (Wildman–Crippen MR) is 195 cm³/mol. The van der Waals surface area contributed by atoms with E-state index in [0.29, 0.717) is 0 Å². The van der Waals surface area contributed by atoms with Crippen molar-refractivity contribution in [2.45, 2.75) is 155 Å². The molecule has 0 saturated heterocycles. The number of thiazole rings is 1. The molecule has 0 spiro atoms. The lowest BCUT2D eigenvalue weighted by atomic mass is 10.0. The molecule has 3 rings (SSSR count). The van der Waals surface area contributed by atoms with Crippen LogP contribution in [0.15, 0.2) is 25.9 Å². The lowest BCUT2D eigenvalue weighted by molar-refractivity contribution is 0.556. The Morgan fingerprint density at radius 2 is 0.902 bits per heavy atom. The van der Waals surface area contributed by atoms with E-state index in [1.165, 1.54) is 173 Å². The molecule has 0 saturated carbocycles. The molecule has 0 radical (unpaired) electrons. The SMILES string of the molecule is CCCCCCCCCCCCc1cc(Br)sc1-c1cnc(-c2sc(Br)cc2CCCCCCCCCCCC)s1. The molecule has 0 aliphatic carbocycles. The van der Waals surface area contributed by atoms with Gasteiger partial charge in [0.2, 0.25) is 0 Å². The third-order valence-corrected chi connectivity index (χ3v) is 12.8. The number of aryl methyl sites for hydroxylation is 2. The fraction of sp³-hybridized carbons (Fsp3) is 0.686. The Balaban J connectivity index is 1.44. The molecule has 6 heteroatoms. The molecular weight excluding hydrogens is 690 g/mol. The van der Waals surface area contributed by atoms with Crippen molar-refractivity contribution in [2.75, 3.05) is 0 Å². The van der Waals surface area contributed by atoms with E-state index >= 15 is 0 Å². The zero-order valence-electron chi connectivity index (χ0n) is 25.7. The van der Waals surface area contributed by atoms with E-state index < -0.39 is 0 Å². The van der Waals surface area contributed by atoms with Crippen molar-refractivity contribution in [2.24, 2.45) is 0 Å². The van der Waals surface area contributed by atoms with Gasteiger partial charge in [-0.05, 0) is 80.8 Å². The Kier molecular flexibility index (Phi) is 18.7. The van der Waals surface area contributed by atoms with Gasteiger partial charge in [0.05, 0.1) is 22.2 Å². The van der Waals surface area contributed by atoms with Crippen LogP contribution in [0.4, 0.5) is 0 Å². The molecule has 3 aromatic rings. The largest absolute Gasteiger partial charge is 0.243 e. The second-order valence-electron chi connectivity index (χ2n) is 11.7. The van der Waals surface area contributed by atoms with Crippen LogP contribution in [0.2, 0.25) is 0 Å². The van der Waals surface area contributed by atoms with Crippen LogP contribution in [0.3, 0.4) is 0 Å². The van der Waals surface area contributed by atoms with E-state index in [-0.39, 0.29) is 0 Å². The average Bonchev–Trinajstić information content (AvgIpc) is 3.69. The minimum Gasteiger partial charge on any atom is -0.243 e. The summed E-state index contributed by atoms with van der Waals surface area (Å²) in [5, 5.41) is 1.19. The summed E-state index contributed by atoms with van der Waals surface area (Å²) >= 11 is 13.2. The highest BCUT2D eigenvalue weighted by Crippen LogP contribution is 2.44. The topological polar surface area (TPSA) is 12.9 Å². The van der Waals surface area contributed by atoms with E-state index in [9.17, 15) is 0 Å². The number of hydrogen-bond acceptors (Lipinski definition) is 4. The molecule has 0 fully saturated rings. The fourth-order valence-electron chi connectivity index (χ4n) is 5.64. The molecule has 0 aromatic carbocycles. The standard InChI is InChI=1S/C35H53Br2NS3/c1-3-5-7-9-11-13-15-17-19-21-23-28-25-31(36)40-33(28)30-27-38-35(39-30)34-29(26-32(37)41-34)24-22-20-18-16-14-12-10-8-6-4-2/h25-27H,3-24H2,1-2H3. The summed E-state index contributed by atoms with van der Waals surface area (Å²) in [6.07, 6.45) is 32.2. The quantitative estimate of drug-likeness (QED) is 0.0833. The Morgan fingerprint density at radius 1 is 0.512 bits per heavy atom. The van der Waals surface area contributed by atoms with Gasteiger partial charge in [0.1, 0.15) is 5.01 Å². The lowest BCUT2D eigenvalue weighted by Crippen LogP contribution is -1.87. The summed E-state index contributed by atoms with van der Waals surface area (Å²) in [6.45, 7) is 4.59. The monoisotopic (exact) mass is 741 g/mol. The van der Waals surface area contributed by atoms with Gasteiger partial charge in [-0.2, -0.15) is 0 Å². The van der Waals surface area contributed by atoms with Crippen molar-refractivity contribution >= 4 is 65.9 Å². The van der Waals surface area contributed by atoms with Crippen LogP contribution in [-0.4, -0.2) is 4.98 Å². The maximum Gasteiger partial charge on any atom is 0.134 e. The van der Waals surface area contributed by atoms with Gasteiger partial charge in [0, 0.05) is 6.20 Å². The second-order valence-corrected chi connectivity index (χ2v) is 17.6. The van der Waals surface area contributed by atoms with E-state index in [4.69, 9.17) is 4.98 Å². The smallest absolute Gasteiger partial charge is 0.134 e. The number of thiophene rings is 2. The fourth-order valence-corrected chi connectivity index (χ4v) is 10.2. The minimum atomic E-state index is 1.16.